The molecule has 1 aliphatic heterocycles. The van der Waals surface area contributed by atoms with Crippen LogP contribution in [0, 0.1) is 6.92 Å². The van der Waals surface area contributed by atoms with Crippen LogP contribution in [0.1, 0.15) is 36.2 Å². The third-order valence-corrected chi connectivity index (χ3v) is 5.01. The van der Waals surface area contributed by atoms with Crippen LogP contribution in [0.4, 0.5) is 0 Å². The largest absolute Gasteiger partial charge is 0.369 e. The van der Waals surface area contributed by atoms with E-state index in [0.717, 1.165) is 53.4 Å². The van der Waals surface area contributed by atoms with E-state index >= 15 is 0 Å². The molecule has 1 saturated heterocycles. The van der Waals surface area contributed by atoms with Gasteiger partial charge in [-0.3, -0.25) is 4.57 Å². The van der Waals surface area contributed by atoms with Crippen molar-refractivity contribution < 1.29 is 0 Å². The number of benzene rings is 1. The fourth-order valence-electron chi connectivity index (χ4n) is 3.59. The smallest absolute Gasteiger partial charge is 0.206 e. The molecular formula is C21H27N5. The second-order valence-corrected chi connectivity index (χ2v) is 7.02. The van der Waals surface area contributed by atoms with Crippen LogP contribution in [-0.2, 0) is 0 Å². The van der Waals surface area contributed by atoms with Crippen LogP contribution in [0.3, 0.4) is 0 Å². The Morgan fingerprint density at radius 3 is 2.58 bits per heavy atom. The van der Waals surface area contributed by atoms with Crippen molar-refractivity contribution in [2.45, 2.75) is 26.2 Å². The molecule has 1 aliphatic rings. The van der Waals surface area contributed by atoms with Gasteiger partial charge in [0.1, 0.15) is 5.82 Å². The maximum atomic E-state index is 6.24. The quantitative estimate of drug-likeness (QED) is 0.677. The predicted octanol–water partition coefficient (Wildman–Crippen LogP) is 3.62. The van der Waals surface area contributed by atoms with Crippen LogP contribution >= 0.6 is 0 Å². The van der Waals surface area contributed by atoms with Crippen molar-refractivity contribution in [3.63, 3.8) is 0 Å². The molecular weight excluding hydrogens is 322 g/mol. The van der Waals surface area contributed by atoms with Gasteiger partial charge in [-0.1, -0.05) is 43.0 Å². The molecule has 1 atom stereocenters. The Labute approximate surface area is 155 Å². The summed E-state index contributed by atoms with van der Waals surface area (Å²) >= 11 is 0. The summed E-state index contributed by atoms with van der Waals surface area (Å²) in [7, 11) is 2.15. The third-order valence-electron chi connectivity index (χ3n) is 5.01. The first-order valence-electron chi connectivity index (χ1n) is 8.91. The van der Waals surface area contributed by atoms with Crippen molar-refractivity contribution in [1.29, 1.82) is 0 Å². The summed E-state index contributed by atoms with van der Waals surface area (Å²) in [6, 6.07) is 8.26. The number of rotatable bonds is 4. The molecule has 2 heterocycles. The van der Waals surface area contributed by atoms with Gasteiger partial charge in [0.05, 0.1) is 5.69 Å². The Morgan fingerprint density at radius 1 is 1.35 bits per heavy atom. The molecule has 5 nitrogen and oxygen atoms in total. The molecule has 1 fully saturated rings. The van der Waals surface area contributed by atoms with Gasteiger partial charge in [-0.2, -0.15) is 0 Å². The maximum absolute atomic E-state index is 6.24. The molecule has 3 rings (SSSR count). The lowest BCUT2D eigenvalue weighted by Gasteiger charge is -2.11. The minimum atomic E-state index is 0.390. The highest BCUT2D eigenvalue weighted by Crippen LogP contribution is 2.32. The first-order chi connectivity index (χ1) is 12.4. The lowest BCUT2D eigenvalue weighted by molar-refractivity contribution is 0.410. The second-order valence-electron chi connectivity index (χ2n) is 7.02. The Hall–Kier alpha value is -2.66. The van der Waals surface area contributed by atoms with E-state index in [1.54, 1.807) is 0 Å². The number of likely N-dealkylation sites (N-methyl/N-ethyl adjacent to an activating group) is 1. The topological polar surface area (TPSA) is 59.4 Å². The number of aliphatic imine (C=N–C) groups is 1. The van der Waals surface area contributed by atoms with Crippen molar-refractivity contribution in [1.82, 2.24) is 14.5 Å². The van der Waals surface area contributed by atoms with Gasteiger partial charge in [0.2, 0.25) is 5.96 Å². The number of nitrogens with zero attached hydrogens (tertiary/aromatic N) is 4. The maximum Gasteiger partial charge on any atom is 0.206 e. The van der Waals surface area contributed by atoms with Gasteiger partial charge in [0.25, 0.3) is 0 Å². The molecule has 2 N–H and O–H groups in total. The van der Waals surface area contributed by atoms with Gasteiger partial charge in [0, 0.05) is 29.9 Å². The van der Waals surface area contributed by atoms with E-state index in [1.165, 1.54) is 6.20 Å². The highest BCUT2D eigenvalue weighted by atomic mass is 15.2. The Bertz CT molecular complexity index is 857. The summed E-state index contributed by atoms with van der Waals surface area (Å²) in [5.41, 5.74) is 11.6. The number of likely N-dealkylation sites (tertiary alicyclic amines) is 1. The number of hydrogen-bond acceptors (Lipinski definition) is 3. The van der Waals surface area contributed by atoms with Crippen LogP contribution in [0.2, 0.25) is 0 Å². The SMILES string of the molecule is C=C/N=C(/N)n1c(-c2ccc(C(=C)C)cc2)nc(C2CCN(C)C2)c1C. The lowest BCUT2D eigenvalue weighted by atomic mass is 10.0. The predicted molar refractivity (Wildman–Crippen MR) is 109 cm³/mol. The molecule has 136 valence electrons. The molecule has 26 heavy (non-hydrogen) atoms. The molecule has 0 aliphatic carbocycles. The van der Waals surface area contributed by atoms with Crippen LogP contribution < -0.4 is 5.73 Å². The van der Waals surface area contributed by atoms with E-state index in [9.17, 15) is 0 Å². The molecule has 1 aromatic carbocycles. The summed E-state index contributed by atoms with van der Waals surface area (Å²) in [6.45, 7) is 13.8. The normalized spacial score (nSPS) is 18.3. The summed E-state index contributed by atoms with van der Waals surface area (Å²) in [5.74, 6) is 1.64. The monoisotopic (exact) mass is 349 g/mol. The first kappa shape index (κ1) is 18.1. The average Bonchev–Trinajstić information content (AvgIpc) is 3.18. The van der Waals surface area contributed by atoms with E-state index in [-0.39, 0.29) is 0 Å². The van der Waals surface area contributed by atoms with Gasteiger partial charge < -0.3 is 10.6 Å². The molecule has 0 radical (unpaired) electrons. The standard InChI is InChI=1S/C21H27N5/c1-6-23-21(22)26-15(4)19(18-11-12-25(5)13-18)24-20(26)17-9-7-16(8-10-17)14(2)3/h6-10,18H,1-2,11-13H2,3-5H3,(H2,22,23). The molecule has 1 unspecified atom stereocenters. The van der Waals surface area contributed by atoms with Crippen LogP contribution in [0.5, 0.6) is 0 Å². The highest BCUT2D eigenvalue weighted by molar-refractivity contribution is 5.86. The molecule has 0 saturated carbocycles. The molecule has 0 amide bonds. The lowest BCUT2D eigenvalue weighted by Crippen LogP contribution is -2.24. The zero-order valence-electron chi connectivity index (χ0n) is 15.9. The minimum absolute atomic E-state index is 0.390. The van der Waals surface area contributed by atoms with E-state index < -0.39 is 0 Å². The van der Waals surface area contributed by atoms with E-state index in [1.807, 2.05) is 11.5 Å². The third kappa shape index (κ3) is 3.35. The summed E-state index contributed by atoms with van der Waals surface area (Å²) in [4.78, 5) is 11.5. The fourth-order valence-corrected chi connectivity index (χ4v) is 3.59. The van der Waals surface area contributed by atoms with Crippen LogP contribution in [-0.4, -0.2) is 40.5 Å². The Morgan fingerprint density at radius 2 is 2.04 bits per heavy atom. The van der Waals surface area contributed by atoms with Crippen LogP contribution in [0.15, 0.2) is 48.6 Å². The fraction of sp³-hybridized carbons (Fsp3) is 0.333. The summed E-state index contributed by atoms with van der Waals surface area (Å²) in [5, 5.41) is 0. The van der Waals surface area contributed by atoms with Gasteiger partial charge >= 0.3 is 0 Å². The van der Waals surface area contributed by atoms with E-state index in [2.05, 4.69) is 61.3 Å². The second kappa shape index (κ2) is 7.30. The molecule has 1 aromatic heterocycles. The first-order valence-corrected chi connectivity index (χ1v) is 8.91. The molecule has 0 bridgehead atoms. The summed E-state index contributed by atoms with van der Waals surface area (Å²) in [6.07, 6.45) is 2.58. The molecule has 0 spiro atoms. The molecule has 2 aromatic rings. The number of aromatic nitrogens is 2. The summed E-state index contributed by atoms with van der Waals surface area (Å²) < 4.78 is 1.94. The van der Waals surface area contributed by atoms with Gasteiger partial charge in [-0.25, -0.2) is 9.98 Å². The van der Waals surface area contributed by atoms with Gasteiger partial charge in [-0.15, -0.1) is 0 Å². The highest BCUT2D eigenvalue weighted by Gasteiger charge is 2.28. The number of nitrogens with two attached hydrogens (primary N) is 1. The number of allylic oxidation sites excluding steroid dienone is 1. The molecule has 5 heteroatoms. The van der Waals surface area contributed by atoms with E-state index in [0.29, 0.717) is 11.9 Å². The van der Waals surface area contributed by atoms with Crippen molar-refractivity contribution in [2.24, 2.45) is 10.7 Å². The number of hydrogen-bond donors (Lipinski definition) is 1. The Kier molecular flexibility index (Phi) is 5.09. The zero-order chi connectivity index (χ0) is 18.8. The number of imidazole rings is 1. The van der Waals surface area contributed by atoms with Crippen molar-refractivity contribution >= 4 is 11.5 Å². The van der Waals surface area contributed by atoms with Gasteiger partial charge in [-0.05, 0) is 39.4 Å². The van der Waals surface area contributed by atoms with Crippen molar-refractivity contribution in [2.75, 3.05) is 20.1 Å². The minimum Gasteiger partial charge on any atom is -0.369 e. The average molecular weight is 349 g/mol. The van der Waals surface area contributed by atoms with Crippen molar-refractivity contribution in [3.8, 4) is 11.4 Å². The Balaban J connectivity index is 2.11. The zero-order valence-corrected chi connectivity index (χ0v) is 15.9. The van der Waals surface area contributed by atoms with Gasteiger partial charge in [0.15, 0.2) is 0 Å². The van der Waals surface area contributed by atoms with E-state index in [4.69, 9.17) is 10.7 Å². The van der Waals surface area contributed by atoms with Crippen LogP contribution in [0.25, 0.3) is 17.0 Å². The van der Waals surface area contributed by atoms with Crippen molar-refractivity contribution in [3.05, 3.63) is 60.6 Å².